The summed E-state index contributed by atoms with van der Waals surface area (Å²) in [6, 6.07) is 2.34. The molecule has 0 spiro atoms. The molecule has 0 aromatic carbocycles. The van der Waals surface area contributed by atoms with Crippen molar-refractivity contribution in [2.75, 3.05) is 0 Å². The van der Waals surface area contributed by atoms with E-state index < -0.39 is 0 Å². The van der Waals surface area contributed by atoms with Gasteiger partial charge in [-0.15, -0.1) is 11.3 Å². The van der Waals surface area contributed by atoms with E-state index in [2.05, 4.69) is 34.6 Å². The van der Waals surface area contributed by atoms with E-state index in [9.17, 15) is 0 Å². The van der Waals surface area contributed by atoms with Gasteiger partial charge < -0.3 is 5.32 Å². The summed E-state index contributed by atoms with van der Waals surface area (Å²) in [4.78, 5) is 4.60. The number of hydrogen-bond acceptors (Lipinski definition) is 4. The van der Waals surface area contributed by atoms with Crippen molar-refractivity contribution in [1.29, 1.82) is 0 Å². The minimum Gasteiger partial charge on any atom is -0.307 e. The molecule has 18 heavy (non-hydrogen) atoms. The molecule has 1 N–H and O–H groups in total. The molecule has 0 aliphatic rings. The Morgan fingerprint density at radius 2 is 2.39 bits per heavy atom. The van der Waals surface area contributed by atoms with E-state index in [1.165, 1.54) is 5.01 Å². The maximum atomic E-state index is 4.60. The van der Waals surface area contributed by atoms with Crippen LogP contribution in [0.25, 0.3) is 0 Å². The van der Waals surface area contributed by atoms with Crippen molar-refractivity contribution in [3.8, 4) is 0 Å². The van der Waals surface area contributed by atoms with Crippen LogP contribution < -0.4 is 5.32 Å². The Morgan fingerprint density at radius 1 is 1.50 bits per heavy atom. The molecule has 1 atom stereocenters. The van der Waals surface area contributed by atoms with Gasteiger partial charge in [-0.1, -0.05) is 6.92 Å². The van der Waals surface area contributed by atoms with E-state index in [1.807, 2.05) is 23.1 Å². The van der Waals surface area contributed by atoms with Crippen molar-refractivity contribution in [3.63, 3.8) is 0 Å². The zero-order valence-electron chi connectivity index (χ0n) is 11.0. The normalized spacial score (nSPS) is 12.8. The first kappa shape index (κ1) is 13.2. The van der Waals surface area contributed by atoms with E-state index in [1.54, 1.807) is 11.3 Å². The molecule has 0 saturated heterocycles. The highest BCUT2D eigenvalue weighted by atomic mass is 32.1. The standard InChI is InChI=1S/C13H20N4S/c1-3-5-13-16-12(10-18-13)8-14-11(2)9-17-7-4-6-15-17/h4,6-7,10-11,14H,3,5,8-9H2,1-2H3. The van der Waals surface area contributed by atoms with Gasteiger partial charge in [0.05, 0.1) is 17.2 Å². The number of aromatic nitrogens is 3. The molecule has 0 radical (unpaired) electrons. The molecule has 5 heteroatoms. The molecule has 1 unspecified atom stereocenters. The Bertz CT molecular complexity index is 449. The number of nitrogens with one attached hydrogen (secondary N) is 1. The predicted octanol–water partition coefficient (Wildman–Crippen LogP) is 2.47. The van der Waals surface area contributed by atoms with Gasteiger partial charge in [0.1, 0.15) is 0 Å². The molecule has 2 aromatic rings. The van der Waals surface area contributed by atoms with Crippen LogP contribution in [0.2, 0.25) is 0 Å². The summed E-state index contributed by atoms with van der Waals surface area (Å²) in [5.74, 6) is 0. The third kappa shape index (κ3) is 3.92. The Balaban J connectivity index is 1.76. The highest BCUT2D eigenvalue weighted by Crippen LogP contribution is 2.11. The lowest BCUT2D eigenvalue weighted by molar-refractivity contribution is 0.448. The summed E-state index contributed by atoms with van der Waals surface area (Å²) in [7, 11) is 0. The van der Waals surface area contributed by atoms with Crippen LogP contribution in [0.5, 0.6) is 0 Å². The van der Waals surface area contributed by atoms with E-state index in [0.717, 1.165) is 31.6 Å². The fourth-order valence-electron chi connectivity index (χ4n) is 1.79. The molecule has 2 rings (SSSR count). The van der Waals surface area contributed by atoms with E-state index >= 15 is 0 Å². The fraction of sp³-hybridized carbons (Fsp3) is 0.538. The van der Waals surface area contributed by atoms with Gasteiger partial charge in [0.15, 0.2) is 0 Å². The lowest BCUT2D eigenvalue weighted by Gasteiger charge is -2.12. The molecule has 0 aliphatic heterocycles. The second-order valence-electron chi connectivity index (χ2n) is 4.49. The molecule has 0 amide bonds. The lowest BCUT2D eigenvalue weighted by atomic mass is 10.3. The molecule has 4 nitrogen and oxygen atoms in total. The first-order valence-electron chi connectivity index (χ1n) is 6.42. The smallest absolute Gasteiger partial charge is 0.0928 e. The van der Waals surface area contributed by atoms with Crippen molar-refractivity contribution in [2.24, 2.45) is 0 Å². The average molecular weight is 264 g/mol. The number of aryl methyl sites for hydroxylation is 1. The quantitative estimate of drug-likeness (QED) is 0.835. The highest BCUT2D eigenvalue weighted by Gasteiger charge is 2.05. The van der Waals surface area contributed by atoms with Gasteiger partial charge in [0.25, 0.3) is 0 Å². The van der Waals surface area contributed by atoms with Crippen LogP contribution >= 0.6 is 11.3 Å². The molecule has 0 saturated carbocycles. The topological polar surface area (TPSA) is 42.7 Å². The maximum absolute atomic E-state index is 4.60. The molecule has 98 valence electrons. The summed E-state index contributed by atoms with van der Waals surface area (Å²) < 4.78 is 1.95. The van der Waals surface area contributed by atoms with E-state index in [4.69, 9.17) is 0 Å². The minimum atomic E-state index is 0.390. The van der Waals surface area contributed by atoms with Crippen molar-refractivity contribution in [1.82, 2.24) is 20.1 Å². The Hall–Kier alpha value is -1.20. The molecule has 2 heterocycles. The Kier molecular flexibility index (Phi) is 4.90. The molecular formula is C13H20N4S. The summed E-state index contributed by atoms with van der Waals surface area (Å²) >= 11 is 1.76. The number of hydrogen-bond donors (Lipinski definition) is 1. The second-order valence-corrected chi connectivity index (χ2v) is 5.44. The Morgan fingerprint density at radius 3 is 3.11 bits per heavy atom. The van der Waals surface area contributed by atoms with E-state index in [-0.39, 0.29) is 0 Å². The molecule has 0 aliphatic carbocycles. The molecular weight excluding hydrogens is 244 g/mol. The van der Waals surface area contributed by atoms with Crippen molar-refractivity contribution in [2.45, 2.75) is 45.8 Å². The monoisotopic (exact) mass is 264 g/mol. The first-order valence-corrected chi connectivity index (χ1v) is 7.30. The molecule has 0 fully saturated rings. The first-order chi connectivity index (χ1) is 8.78. The summed E-state index contributed by atoms with van der Waals surface area (Å²) in [5.41, 5.74) is 1.15. The largest absolute Gasteiger partial charge is 0.307 e. The van der Waals surface area contributed by atoms with E-state index in [0.29, 0.717) is 6.04 Å². The minimum absolute atomic E-state index is 0.390. The van der Waals surface area contributed by atoms with Crippen LogP contribution in [0, 0.1) is 0 Å². The SMILES string of the molecule is CCCc1nc(CNC(C)Cn2cccn2)cs1. The van der Waals surface area contributed by atoms with Crippen LogP contribution in [0.1, 0.15) is 31.0 Å². The van der Waals surface area contributed by atoms with Crippen LogP contribution in [0.15, 0.2) is 23.8 Å². The number of nitrogens with zero attached hydrogens (tertiary/aromatic N) is 3. The van der Waals surface area contributed by atoms with Gasteiger partial charge in [0.2, 0.25) is 0 Å². The van der Waals surface area contributed by atoms with Crippen LogP contribution in [-0.2, 0) is 19.5 Å². The summed E-state index contributed by atoms with van der Waals surface area (Å²) in [6.45, 7) is 6.08. The van der Waals surface area contributed by atoms with Gasteiger partial charge in [-0.25, -0.2) is 4.98 Å². The lowest BCUT2D eigenvalue weighted by Crippen LogP contribution is -2.30. The maximum Gasteiger partial charge on any atom is 0.0928 e. The average Bonchev–Trinajstić information content (AvgIpc) is 2.99. The van der Waals surface area contributed by atoms with Crippen LogP contribution in [0.4, 0.5) is 0 Å². The number of rotatable bonds is 7. The highest BCUT2D eigenvalue weighted by molar-refractivity contribution is 7.09. The van der Waals surface area contributed by atoms with Gasteiger partial charge in [-0.3, -0.25) is 4.68 Å². The third-order valence-electron chi connectivity index (χ3n) is 2.71. The zero-order chi connectivity index (χ0) is 12.8. The predicted molar refractivity (Wildman–Crippen MR) is 74.6 cm³/mol. The number of thiazole rings is 1. The summed E-state index contributed by atoms with van der Waals surface area (Å²) in [5, 5.41) is 11.1. The van der Waals surface area contributed by atoms with Gasteiger partial charge in [0, 0.05) is 30.4 Å². The second kappa shape index (κ2) is 6.66. The van der Waals surface area contributed by atoms with Gasteiger partial charge in [-0.2, -0.15) is 5.10 Å². The van der Waals surface area contributed by atoms with Crippen LogP contribution in [-0.4, -0.2) is 20.8 Å². The molecule has 0 bridgehead atoms. The van der Waals surface area contributed by atoms with Crippen molar-refractivity contribution in [3.05, 3.63) is 34.5 Å². The van der Waals surface area contributed by atoms with Gasteiger partial charge in [-0.05, 0) is 25.8 Å². The summed E-state index contributed by atoms with van der Waals surface area (Å²) in [6.07, 6.45) is 6.05. The Labute approximate surface area is 112 Å². The fourth-order valence-corrected chi connectivity index (χ4v) is 2.69. The van der Waals surface area contributed by atoms with Crippen molar-refractivity contribution < 1.29 is 0 Å². The third-order valence-corrected chi connectivity index (χ3v) is 3.67. The molecule has 2 aromatic heterocycles. The van der Waals surface area contributed by atoms with Crippen LogP contribution in [0.3, 0.4) is 0 Å². The van der Waals surface area contributed by atoms with Crippen molar-refractivity contribution >= 4 is 11.3 Å². The zero-order valence-corrected chi connectivity index (χ0v) is 11.8. The van der Waals surface area contributed by atoms with Gasteiger partial charge >= 0.3 is 0 Å².